The normalized spacial score (nSPS) is 11.4. The van der Waals surface area contributed by atoms with E-state index in [2.05, 4.69) is 17.0 Å². The number of rotatable bonds is 7. The lowest BCUT2D eigenvalue weighted by Crippen LogP contribution is -2.36. The van der Waals surface area contributed by atoms with Gasteiger partial charge in [0, 0.05) is 6.54 Å². The Bertz CT molecular complexity index is 495. The summed E-state index contributed by atoms with van der Waals surface area (Å²) in [5.41, 5.74) is -0.741. The minimum absolute atomic E-state index is 0.0754. The molecule has 6 heteroatoms. The van der Waals surface area contributed by atoms with Gasteiger partial charge in [0.1, 0.15) is 5.02 Å². The van der Waals surface area contributed by atoms with Gasteiger partial charge in [-0.1, -0.05) is 31.5 Å². The molecule has 1 aromatic rings. The predicted octanol–water partition coefficient (Wildman–Crippen LogP) is 2.05. The van der Waals surface area contributed by atoms with Gasteiger partial charge in [0.15, 0.2) is 0 Å². The van der Waals surface area contributed by atoms with Crippen LogP contribution in [0.4, 0.5) is 5.69 Å². The van der Waals surface area contributed by atoms with Crippen LogP contribution in [0.2, 0.25) is 5.02 Å². The second kappa shape index (κ2) is 6.73. The highest BCUT2D eigenvalue weighted by molar-refractivity contribution is 6.32. The molecule has 0 amide bonds. The van der Waals surface area contributed by atoms with E-state index in [0.717, 1.165) is 0 Å². The number of halogens is 1. The number of nitrogens with zero attached hydrogens (tertiary/aromatic N) is 2. The molecule has 19 heavy (non-hydrogen) atoms. The lowest BCUT2D eigenvalue weighted by Gasteiger charge is -2.26. The summed E-state index contributed by atoms with van der Waals surface area (Å²) in [6, 6.07) is 0. The van der Waals surface area contributed by atoms with Crippen LogP contribution in [0.25, 0.3) is 0 Å². The van der Waals surface area contributed by atoms with E-state index in [4.69, 9.17) is 11.6 Å². The Morgan fingerprint density at radius 3 is 2.74 bits per heavy atom. The van der Waals surface area contributed by atoms with E-state index in [1.165, 1.54) is 10.9 Å². The molecule has 0 atom stereocenters. The number of anilines is 1. The summed E-state index contributed by atoms with van der Waals surface area (Å²) >= 11 is 6.00. The molecule has 1 aromatic heterocycles. The molecule has 0 saturated carbocycles. The van der Waals surface area contributed by atoms with Gasteiger partial charge in [-0.25, -0.2) is 4.68 Å². The Labute approximate surface area is 117 Å². The Hall–Kier alpha value is -1.33. The van der Waals surface area contributed by atoms with Gasteiger partial charge in [0.2, 0.25) is 0 Å². The van der Waals surface area contributed by atoms with Crippen molar-refractivity contribution in [2.45, 2.75) is 38.8 Å². The smallest absolute Gasteiger partial charge is 0.287 e. The van der Waals surface area contributed by atoms with Crippen LogP contribution < -0.4 is 10.9 Å². The first-order valence-corrected chi connectivity index (χ1v) is 6.68. The molecular formula is C13H20ClN3O2. The molecule has 0 bridgehead atoms. The molecule has 1 heterocycles. The molecular weight excluding hydrogens is 266 g/mol. The Morgan fingerprint density at radius 1 is 1.58 bits per heavy atom. The summed E-state index contributed by atoms with van der Waals surface area (Å²) < 4.78 is 1.23. The number of aromatic nitrogens is 2. The van der Waals surface area contributed by atoms with E-state index in [0.29, 0.717) is 31.6 Å². The molecule has 1 rings (SSSR count). The molecule has 0 fully saturated rings. The van der Waals surface area contributed by atoms with Crippen LogP contribution in [0.15, 0.2) is 23.6 Å². The van der Waals surface area contributed by atoms with Crippen molar-refractivity contribution in [3.63, 3.8) is 0 Å². The van der Waals surface area contributed by atoms with Crippen LogP contribution in [-0.2, 0) is 6.54 Å². The standard InChI is InChI=1S/C13H20ClN3O2/c1-4-7-17-12(18)11(14)10(8-16-17)15-9-13(19,5-2)6-3/h4,8,15,19H,1,5-7,9H2,2-3H3. The number of hydrogen-bond acceptors (Lipinski definition) is 4. The predicted molar refractivity (Wildman–Crippen MR) is 77.7 cm³/mol. The summed E-state index contributed by atoms with van der Waals surface area (Å²) in [5.74, 6) is 0. The van der Waals surface area contributed by atoms with Gasteiger partial charge in [-0.05, 0) is 12.8 Å². The third-order valence-corrected chi connectivity index (χ3v) is 3.58. The van der Waals surface area contributed by atoms with Gasteiger partial charge in [-0.15, -0.1) is 6.58 Å². The molecule has 0 unspecified atom stereocenters. The summed E-state index contributed by atoms with van der Waals surface area (Å²) in [6.07, 6.45) is 4.30. The van der Waals surface area contributed by atoms with Crippen molar-refractivity contribution in [3.05, 3.63) is 34.2 Å². The quantitative estimate of drug-likeness (QED) is 0.753. The zero-order chi connectivity index (χ0) is 14.5. The third kappa shape index (κ3) is 3.81. The van der Waals surface area contributed by atoms with E-state index in [1.807, 2.05) is 13.8 Å². The SMILES string of the molecule is C=CCn1ncc(NCC(O)(CC)CC)c(Cl)c1=O. The molecule has 0 aromatic carbocycles. The van der Waals surface area contributed by atoms with Crippen molar-refractivity contribution in [1.82, 2.24) is 9.78 Å². The number of nitrogens with one attached hydrogen (secondary N) is 1. The maximum absolute atomic E-state index is 11.9. The topological polar surface area (TPSA) is 67.2 Å². The Morgan fingerprint density at radius 2 is 2.21 bits per heavy atom. The van der Waals surface area contributed by atoms with E-state index >= 15 is 0 Å². The zero-order valence-corrected chi connectivity index (χ0v) is 12.1. The average Bonchev–Trinajstić information content (AvgIpc) is 2.43. The van der Waals surface area contributed by atoms with Gasteiger partial charge in [-0.3, -0.25) is 4.79 Å². The maximum Gasteiger partial charge on any atom is 0.287 e. The van der Waals surface area contributed by atoms with Crippen LogP contribution >= 0.6 is 11.6 Å². The second-order valence-electron chi connectivity index (χ2n) is 4.43. The first-order chi connectivity index (χ1) is 8.97. The van der Waals surface area contributed by atoms with Crippen molar-refractivity contribution >= 4 is 17.3 Å². The van der Waals surface area contributed by atoms with Crippen molar-refractivity contribution < 1.29 is 5.11 Å². The van der Waals surface area contributed by atoms with Gasteiger partial charge >= 0.3 is 0 Å². The van der Waals surface area contributed by atoms with Gasteiger partial charge in [-0.2, -0.15) is 5.10 Å². The first-order valence-electron chi connectivity index (χ1n) is 6.30. The summed E-state index contributed by atoms with van der Waals surface area (Å²) in [6.45, 7) is 8.01. The molecule has 0 aliphatic heterocycles. The first kappa shape index (κ1) is 15.7. The molecule has 0 radical (unpaired) electrons. The van der Waals surface area contributed by atoms with E-state index in [9.17, 15) is 9.90 Å². The monoisotopic (exact) mass is 285 g/mol. The van der Waals surface area contributed by atoms with Crippen molar-refractivity contribution in [3.8, 4) is 0 Å². The summed E-state index contributed by atoms with van der Waals surface area (Å²) in [4.78, 5) is 11.9. The minimum Gasteiger partial charge on any atom is -0.388 e. The van der Waals surface area contributed by atoms with Gasteiger partial charge in [0.25, 0.3) is 5.56 Å². The molecule has 0 spiro atoms. The van der Waals surface area contributed by atoms with E-state index in [1.54, 1.807) is 6.08 Å². The summed E-state index contributed by atoms with van der Waals surface area (Å²) in [7, 11) is 0. The third-order valence-electron chi connectivity index (χ3n) is 3.21. The van der Waals surface area contributed by atoms with Crippen LogP contribution in [0.3, 0.4) is 0 Å². The molecule has 106 valence electrons. The van der Waals surface area contributed by atoms with E-state index in [-0.39, 0.29) is 10.6 Å². The highest BCUT2D eigenvalue weighted by Gasteiger charge is 2.22. The number of allylic oxidation sites excluding steroid dienone is 1. The van der Waals surface area contributed by atoms with E-state index < -0.39 is 5.60 Å². The van der Waals surface area contributed by atoms with Crippen LogP contribution in [-0.4, -0.2) is 27.0 Å². The largest absolute Gasteiger partial charge is 0.388 e. The lowest BCUT2D eigenvalue weighted by molar-refractivity contribution is 0.0457. The van der Waals surface area contributed by atoms with Crippen molar-refractivity contribution in [2.24, 2.45) is 0 Å². The van der Waals surface area contributed by atoms with Crippen LogP contribution in [0.5, 0.6) is 0 Å². The highest BCUT2D eigenvalue weighted by Crippen LogP contribution is 2.19. The van der Waals surface area contributed by atoms with Gasteiger partial charge < -0.3 is 10.4 Å². The average molecular weight is 286 g/mol. The highest BCUT2D eigenvalue weighted by atomic mass is 35.5. The fourth-order valence-electron chi connectivity index (χ4n) is 1.60. The number of aliphatic hydroxyl groups is 1. The second-order valence-corrected chi connectivity index (χ2v) is 4.81. The van der Waals surface area contributed by atoms with Crippen molar-refractivity contribution in [1.29, 1.82) is 0 Å². The fraction of sp³-hybridized carbons (Fsp3) is 0.538. The molecule has 0 aliphatic rings. The summed E-state index contributed by atoms with van der Waals surface area (Å²) in [5, 5.41) is 17.2. The van der Waals surface area contributed by atoms with Crippen LogP contribution in [0, 0.1) is 0 Å². The lowest BCUT2D eigenvalue weighted by atomic mass is 9.97. The minimum atomic E-state index is -0.806. The molecule has 2 N–H and O–H groups in total. The fourth-order valence-corrected chi connectivity index (χ4v) is 1.81. The molecule has 0 aliphatic carbocycles. The van der Waals surface area contributed by atoms with Crippen LogP contribution in [0.1, 0.15) is 26.7 Å². The Balaban J connectivity index is 2.89. The number of hydrogen-bond donors (Lipinski definition) is 2. The Kier molecular flexibility index (Phi) is 5.57. The van der Waals surface area contributed by atoms with Gasteiger partial charge in [0.05, 0.1) is 24.0 Å². The zero-order valence-electron chi connectivity index (χ0n) is 11.3. The maximum atomic E-state index is 11.9. The van der Waals surface area contributed by atoms with Crippen molar-refractivity contribution in [2.75, 3.05) is 11.9 Å². The molecule has 5 nitrogen and oxygen atoms in total. The molecule has 0 saturated heterocycles.